The predicted octanol–water partition coefficient (Wildman–Crippen LogP) is 2.20. The molecule has 1 aromatic carbocycles. The normalized spacial score (nSPS) is 17.5. The van der Waals surface area contributed by atoms with Crippen LogP contribution in [0.15, 0.2) is 30.3 Å². The first-order valence-corrected chi connectivity index (χ1v) is 11.9. The number of rotatable bonds is 7. The second kappa shape index (κ2) is 9.08. The van der Waals surface area contributed by atoms with Crippen LogP contribution in [0.4, 0.5) is 5.69 Å². The Morgan fingerprint density at radius 3 is 2.65 bits per heavy atom. The Morgan fingerprint density at radius 1 is 1.26 bits per heavy atom. The monoisotopic (exact) mass is 441 g/mol. The largest absolute Gasteiger partial charge is 0.344 e. The molecule has 1 aliphatic rings. The summed E-state index contributed by atoms with van der Waals surface area (Å²) in [5.41, 5.74) is 3.49. The quantitative estimate of drug-likeness (QED) is 0.526. The average Bonchev–Trinajstić information content (AvgIpc) is 3.19. The maximum atomic E-state index is 12.9. The highest BCUT2D eigenvalue weighted by Gasteiger charge is 2.31. The second-order valence-corrected chi connectivity index (χ2v) is 10.3. The van der Waals surface area contributed by atoms with Crippen molar-refractivity contribution in [1.82, 2.24) is 9.47 Å². The number of aryl methyl sites for hydroxylation is 1. The zero-order valence-electron chi connectivity index (χ0n) is 18.0. The summed E-state index contributed by atoms with van der Waals surface area (Å²) in [7, 11) is -1.31. The number of amides is 1. The molecule has 7 nitrogen and oxygen atoms in total. The highest BCUT2D eigenvalue weighted by Crippen LogP contribution is 2.29. The van der Waals surface area contributed by atoms with E-state index in [9.17, 15) is 18.0 Å². The Balaban J connectivity index is 1.63. The van der Waals surface area contributed by atoms with Crippen LogP contribution in [0.2, 0.25) is 0 Å². The lowest BCUT2D eigenvalue weighted by Gasteiger charge is -2.17. The predicted molar refractivity (Wildman–Crippen MR) is 121 cm³/mol. The van der Waals surface area contributed by atoms with Crippen molar-refractivity contribution >= 4 is 27.2 Å². The Kier molecular flexibility index (Phi) is 6.68. The molecule has 1 unspecified atom stereocenters. The van der Waals surface area contributed by atoms with Gasteiger partial charge in [-0.2, -0.15) is 0 Å². The lowest BCUT2D eigenvalue weighted by molar-refractivity contribution is -0.116. The third-order valence-electron chi connectivity index (χ3n) is 5.50. The van der Waals surface area contributed by atoms with Gasteiger partial charge in [-0.15, -0.1) is 6.42 Å². The zero-order valence-corrected chi connectivity index (χ0v) is 18.8. The van der Waals surface area contributed by atoms with Gasteiger partial charge >= 0.3 is 0 Å². The highest BCUT2D eigenvalue weighted by atomic mass is 32.2. The number of anilines is 1. The van der Waals surface area contributed by atoms with Gasteiger partial charge in [-0.25, -0.2) is 8.42 Å². The van der Waals surface area contributed by atoms with Crippen molar-refractivity contribution in [2.75, 3.05) is 37.0 Å². The molecule has 1 amide bonds. The minimum Gasteiger partial charge on any atom is -0.344 e. The minimum absolute atomic E-state index is 0.0473. The van der Waals surface area contributed by atoms with Crippen molar-refractivity contribution < 1.29 is 18.0 Å². The molecule has 1 saturated heterocycles. The SMILES string of the molecule is C#Cc1cccc(NC(=O)CN(C)CC(=O)c2cc(C)n(C3CCS(=O)(=O)C3)c2C)c1. The summed E-state index contributed by atoms with van der Waals surface area (Å²) in [4.78, 5) is 26.9. The Morgan fingerprint density at radius 2 is 2.00 bits per heavy atom. The van der Waals surface area contributed by atoms with Gasteiger partial charge in [0.05, 0.1) is 24.6 Å². The van der Waals surface area contributed by atoms with E-state index in [1.54, 1.807) is 36.2 Å². The molecule has 1 N–H and O–H groups in total. The zero-order chi connectivity index (χ0) is 22.8. The van der Waals surface area contributed by atoms with E-state index in [0.717, 1.165) is 11.4 Å². The van der Waals surface area contributed by atoms with E-state index in [1.807, 2.05) is 24.5 Å². The fraction of sp³-hybridized carbons (Fsp3) is 0.391. The molecular formula is C23H27N3O4S. The summed E-state index contributed by atoms with van der Waals surface area (Å²) in [6.45, 7) is 3.85. The number of likely N-dealkylation sites (N-methyl/N-ethyl adjacent to an activating group) is 1. The van der Waals surface area contributed by atoms with Crippen molar-refractivity contribution in [2.24, 2.45) is 0 Å². The van der Waals surface area contributed by atoms with Crippen molar-refractivity contribution in [3.63, 3.8) is 0 Å². The van der Waals surface area contributed by atoms with Crippen LogP contribution < -0.4 is 5.32 Å². The number of hydrogen-bond acceptors (Lipinski definition) is 5. The van der Waals surface area contributed by atoms with Crippen molar-refractivity contribution in [2.45, 2.75) is 26.3 Å². The van der Waals surface area contributed by atoms with Crippen molar-refractivity contribution in [1.29, 1.82) is 0 Å². The molecular weight excluding hydrogens is 414 g/mol. The number of carbonyl (C=O) groups excluding carboxylic acids is 2. The van der Waals surface area contributed by atoms with Crippen LogP contribution >= 0.6 is 0 Å². The van der Waals surface area contributed by atoms with Crippen LogP contribution in [0, 0.1) is 26.2 Å². The van der Waals surface area contributed by atoms with E-state index >= 15 is 0 Å². The Hall–Kier alpha value is -2.89. The second-order valence-electron chi connectivity index (χ2n) is 8.08. The van der Waals surface area contributed by atoms with Crippen LogP contribution in [0.25, 0.3) is 0 Å². The number of nitrogens with zero attached hydrogens (tertiary/aromatic N) is 2. The Labute approximate surface area is 183 Å². The molecule has 2 aromatic rings. The molecule has 0 spiro atoms. The number of hydrogen-bond donors (Lipinski definition) is 1. The molecule has 1 aromatic heterocycles. The first-order valence-electron chi connectivity index (χ1n) is 10.1. The molecule has 1 fully saturated rings. The van der Waals surface area contributed by atoms with E-state index in [2.05, 4.69) is 11.2 Å². The maximum absolute atomic E-state index is 12.9. The standard InChI is InChI=1S/C23H27N3O4S/c1-5-18-7-6-8-19(12-18)24-23(28)14-25(4)13-22(27)21-11-16(2)26(17(21)3)20-9-10-31(29,30)15-20/h1,6-8,11-12,20H,9-10,13-15H2,2-4H3,(H,24,28). The van der Waals surface area contributed by atoms with Gasteiger partial charge in [0.15, 0.2) is 15.6 Å². The topological polar surface area (TPSA) is 88.5 Å². The van der Waals surface area contributed by atoms with Gasteiger partial charge in [-0.1, -0.05) is 12.0 Å². The van der Waals surface area contributed by atoms with E-state index < -0.39 is 9.84 Å². The highest BCUT2D eigenvalue weighted by molar-refractivity contribution is 7.91. The van der Waals surface area contributed by atoms with Gasteiger partial charge in [0.2, 0.25) is 5.91 Å². The third-order valence-corrected chi connectivity index (χ3v) is 7.25. The molecule has 31 heavy (non-hydrogen) atoms. The molecule has 0 bridgehead atoms. The fourth-order valence-electron chi connectivity index (χ4n) is 4.12. The van der Waals surface area contributed by atoms with Crippen molar-refractivity contribution in [3.8, 4) is 12.3 Å². The minimum atomic E-state index is -3.02. The molecule has 1 atom stereocenters. The van der Waals surface area contributed by atoms with Crippen LogP contribution in [-0.2, 0) is 14.6 Å². The number of aromatic nitrogens is 1. The van der Waals surface area contributed by atoms with Crippen LogP contribution in [0.1, 0.15) is 39.8 Å². The lowest BCUT2D eigenvalue weighted by Crippen LogP contribution is -2.34. The van der Waals surface area contributed by atoms with E-state index in [-0.39, 0.29) is 42.3 Å². The van der Waals surface area contributed by atoms with Gasteiger partial charge in [0.1, 0.15) is 0 Å². The molecule has 0 saturated carbocycles. The van der Waals surface area contributed by atoms with Crippen molar-refractivity contribution in [3.05, 3.63) is 52.8 Å². The number of benzene rings is 1. The lowest BCUT2D eigenvalue weighted by atomic mass is 10.1. The summed E-state index contributed by atoms with van der Waals surface area (Å²) >= 11 is 0. The van der Waals surface area contributed by atoms with Gasteiger partial charge in [0, 0.05) is 34.2 Å². The number of terminal acetylenes is 1. The van der Waals surface area contributed by atoms with Crippen LogP contribution in [0.3, 0.4) is 0 Å². The average molecular weight is 442 g/mol. The number of sulfone groups is 1. The van der Waals surface area contributed by atoms with Gasteiger partial charge in [0.25, 0.3) is 0 Å². The molecule has 164 valence electrons. The molecule has 1 aliphatic heterocycles. The molecule has 8 heteroatoms. The molecule has 0 aliphatic carbocycles. The smallest absolute Gasteiger partial charge is 0.238 e. The number of ketones is 1. The van der Waals surface area contributed by atoms with Gasteiger partial charge in [-0.05, 0) is 51.6 Å². The van der Waals surface area contributed by atoms with E-state index in [0.29, 0.717) is 23.2 Å². The first kappa shape index (κ1) is 22.8. The molecule has 2 heterocycles. The van der Waals surface area contributed by atoms with Crippen LogP contribution in [0.5, 0.6) is 0 Å². The van der Waals surface area contributed by atoms with Gasteiger partial charge < -0.3 is 9.88 Å². The number of Topliss-reactive ketones (excluding diaryl/α,β-unsaturated/α-hetero) is 1. The summed E-state index contributed by atoms with van der Waals surface area (Å²) in [6.07, 6.45) is 5.94. The maximum Gasteiger partial charge on any atom is 0.238 e. The molecule has 0 radical (unpaired) electrons. The number of nitrogens with one attached hydrogen (secondary N) is 1. The summed E-state index contributed by atoms with van der Waals surface area (Å²) in [5.74, 6) is 2.46. The number of carbonyl (C=O) groups is 2. The third kappa shape index (κ3) is 5.43. The fourth-order valence-corrected chi connectivity index (χ4v) is 5.82. The summed E-state index contributed by atoms with van der Waals surface area (Å²) in [5, 5.41) is 2.78. The summed E-state index contributed by atoms with van der Waals surface area (Å²) in [6, 6.07) is 8.68. The van der Waals surface area contributed by atoms with E-state index in [1.165, 1.54) is 0 Å². The summed E-state index contributed by atoms with van der Waals surface area (Å²) < 4.78 is 25.7. The van der Waals surface area contributed by atoms with E-state index in [4.69, 9.17) is 6.42 Å². The van der Waals surface area contributed by atoms with Gasteiger partial charge in [-0.3, -0.25) is 14.5 Å². The molecule has 3 rings (SSSR count). The van der Waals surface area contributed by atoms with Crippen LogP contribution in [-0.4, -0.2) is 61.2 Å². The Bertz CT molecular complexity index is 1160. The first-order chi connectivity index (χ1) is 14.6.